The molecule has 2 saturated heterocycles. The van der Waals surface area contributed by atoms with Gasteiger partial charge in [0.25, 0.3) is 0 Å². The molecule has 0 radical (unpaired) electrons. The Morgan fingerprint density at radius 1 is 0.968 bits per heavy atom. The molecule has 1 N–H and O–H groups in total. The van der Waals surface area contributed by atoms with E-state index in [4.69, 9.17) is 9.47 Å². The monoisotopic (exact) mass is 444 g/mol. The molecule has 5 heteroatoms. The van der Waals surface area contributed by atoms with E-state index in [0.29, 0.717) is 12.6 Å². The Kier molecular flexibility index (Phi) is 8.94. The number of rotatable bonds is 8. The van der Waals surface area contributed by atoms with Crippen molar-refractivity contribution in [1.82, 2.24) is 10.2 Å². The minimum atomic E-state index is -0.816. The van der Waals surface area contributed by atoms with Crippen LogP contribution in [0.15, 0.2) is 60.7 Å². The van der Waals surface area contributed by atoms with Crippen LogP contribution in [-0.2, 0) is 15.3 Å². The normalized spacial score (nSPS) is 25.3. The van der Waals surface area contributed by atoms with E-state index in [1.54, 1.807) is 0 Å². The number of nitrogens with zero attached hydrogens (tertiary/aromatic N) is 1. The van der Waals surface area contributed by atoms with E-state index in [0.717, 1.165) is 43.1 Å². The number of ether oxygens (including phenoxy) is 2. The molecule has 0 aromatic heterocycles. The quantitative estimate of drug-likeness (QED) is 0.632. The molecule has 0 aliphatic carbocycles. The molecule has 4 nitrogen and oxygen atoms in total. The molecule has 2 heterocycles. The maximum Gasteiger partial charge on any atom is 0.222 e. The zero-order valence-corrected chi connectivity index (χ0v) is 19.7. The third kappa shape index (κ3) is 5.50. The van der Waals surface area contributed by atoms with Crippen molar-refractivity contribution < 1.29 is 9.47 Å². The molecule has 0 spiro atoms. The molecule has 3 atom stereocenters. The first-order valence-electron chi connectivity index (χ1n) is 11.6. The first kappa shape index (κ1) is 24.2. The van der Waals surface area contributed by atoms with E-state index in [-0.39, 0.29) is 18.5 Å². The Hall–Kier alpha value is -1.43. The Bertz CT molecular complexity index is 730. The fraction of sp³-hybridized carbons (Fsp3) is 0.538. The molecular formula is C26H37ClN2O2. The van der Waals surface area contributed by atoms with Crippen LogP contribution in [0.1, 0.15) is 44.2 Å². The van der Waals surface area contributed by atoms with Crippen LogP contribution in [0.5, 0.6) is 0 Å². The van der Waals surface area contributed by atoms with Crippen molar-refractivity contribution in [2.75, 3.05) is 32.8 Å². The van der Waals surface area contributed by atoms with Crippen LogP contribution in [0.3, 0.4) is 0 Å². The second-order valence-electron chi connectivity index (χ2n) is 8.58. The van der Waals surface area contributed by atoms with Gasteiger partial charge in [-0.25, -0.2) is 0 Å². The molecule has 2 aliphatic rings. The lowest BCUT2D eigenvalue weighted by Crippen LogP contribution is -2.48. The molecule has 4 rings (SSSR count). The topological polar surface area (TPSA) is 33.7 Å². The molecule has 2 fully saturated rings. The SMILES string of the molecule is CCN(CC)CCC1CCNC(C2COC(c3ccccc3)(c3ccccc3)O2)C1.Cl. The van der Waals surface area contributed by atoms with E-state index in [9.17, 15) is 0 Å². The van der Waals surface area contributed by atoms with Crippen molar-refractivity contribution in [2.45, 2.75) is 51.0 Å². The van der Waals surface area contributed by atoms with E-state index in [1.165, 1.54) is 19.4 Å². The summed E-state index contributed by atoms with van der Waals surface area (Å²) in [5.74, 6) is -0.0628. The number of benzene rings is 2. The lowest BCUT2D eigenvalue weighted by Gasteiger charge is -2.35. The molecule has 170 valence electrons. The fourth-order valence-corrected chi connectivity index (χ4v) is 4.95. The van der Waals surface area contributed by atoms with E-state index in [1.807, 2.05) is 12.1 Å². The van der Waals surface area contributed by atoms with E-state index < -0.39 is 5.79 Å². The van der Waals surface area contributed by atoms with Crippen molar-refractivity contribution in [3.63, 3.8) is 0 Å². The number of nitrogens with one attached hydrogen (secondary N) is 1. The summed E-state index contributed by atoms with van der Waals surface area (Å²) >= 11 is 0. The Morgan fingerprint density at radius 2 is 1.58 bits per heavy atom. The molecule has 0 saturated carbocycles. The number of hydrogen-bond donors (Lipinski definition) is 1. The van der Waals surface area contributed by atoms with Gasteiger partial charge in [0.2, 0.25) is 5.79 Å². The summed E-state index contributed by atoms with van der Waals surface area (Å²) in [5, 5.41) is 3.73. The standard InChI is InChI=1S/C26H36N2O2.ClH/c1-3-28(4-2)18-16-21-15-17-27-24(19-21)25-20-29-26(30-25,22-11-7-5-8-12-22)23-13-9-6-10-14-23;/h5-14,21,24-25,27H,3-4,15-20H2,1-2H3;1H. The van der Waals surface area contributed by atoms with Crippen LogP contribution in [0, 0.1) is 5.92 Å². The molecule has 0 bridgehead atoms. The van der Waals surface area contributed by atoms with Gasteiger partial charge in [-0.3, -0.25) is 0 Å². The zero-order valence-electron chi connectivity index (χ0n) is 18.8. The van der Waals surface area contributed by atoms with Gasteiger partial charge in [0, 0.05) is 17.2 Å². The van der Waals surface area contributed by atoms with Gasteiger partial charge in [0.15, 0.2) is 0 Å². The number of hydrogen-bond acceptors (Lipinski definition) is 4. The highest BCUT2D eigenvalue weighted by molar-refractivity contribution is 5.85. The van der Waals surface area contributed by atoms with E-state index in [2.05, 4.69) is 72.6 Å². The summed E-state index contributed by atoms with van der Waals surface area (Å²) in [6.07, 6.45) is 3.75. The van der Waals surface area contributed by atoms with Crippen LogP contribution in [-0.4, -0.2) is 49.8 Å². The lowest BCUT2D eigenvalue weighted by molar-refractivity contribution is -0.147. The van der Waals surface area contributed by atoms with Gasteiger partial charge in [-0.15, -0.1) is 12.4 Å². The third-order valence-corrected chi connectivity index (χ3v) is 6.82. The molecular weight excluding hydrogens is 408 g/mol. The first-order chi connectivity index (χ1) is 14.7. The van der Waals surface area contributed by atoms with Crippen LogP contribution in [0.4, 0.5) is 0 Å². The smallest absolute Gasteiger partial charge is 0.222 e. The highest BCUT2D eigenvalue weighted by atomic mass is 35.5. The minimum absolute atomic E-state index is 0. The average Bonchev–Trinajstić information content (AvgIpc) is 3.28. The van der Waals surface area contributed by atoms with Gasteiger partial charge in [0.1, 0.15) is 6.10 Å². The number of piperidine rings is 1. The summed E-state index contributed by atoms with van der Waals surface area (Å²) in [5.41, 5.74) is 2.13. The van der Waals surface area contributed by atoms with Gasteiger partial charge in [-0.2, -0.15) is 0 Å². The predicted octanol–water partition coefficient (Wildman–Crippen LogP) is 4.83. The van der Waals surface area contributed by atoms with Crippen LogP contribution < -0.4 is 5.32 Å². The molecule has 2 aromatic carbocycles. The average molecular weight is 445 g/mol. The Labute approximate surface area is 193 Å². The Morgan fingerprint density at radius 3 is 2.16 bits per heavy atom. The van der Waals surface area contributed by atoms with Gasteiger partial charge in [-0.1, -0.05) is 74.5 Å². The third-order valence-electron chi connectivity index (χ3n) is 6.82. The van der Waals surface area contributed by atoms with E-state index >= 15 is 0 Å². The van der Waals surface area contributed by atoms with Gasteiger partial charge in [-0.05, 0) is 51.4 Å². The summed E-state index contributed by atoms with van der Waals surface area (Å²) in [6.45, 7) is 9.67. The fourth-order valence-electron chi connectivity index (χ4n) is 4.95. The minimum Gasteiger partial charge on any atom is -0.339 e. The molecule has 0 amide bonds. The van der Waals surface area contributed by atoms with Crippen molar-refractivity contribution in [1.29, 1.82) is 0 Å². The van der Waals surface area contributed by atoms with Gasteiger partial charge >= 0.3 is 0 Å². The van der Waals surface area contributed by atoms with Gasteiger partial charge in [0.05, 0.1) is 6.61 Å². The van der Waals surface area contributed by atoms with Crippen molar-refractivity contribution in [2.24, 2.45) is 5.92 Å². The second-order valence-corrected chi connectivity index (χ2v) is 8.58. The maximum atomic E-state index is 6.78. The summed E-state index contributed by atoms with van der Waals surface area (Å²) in [7, 11) is 0. The van der Waals surface area contributed by atoms with Crippen molar-refractivity contribution in [3.05, 3.63) is 71.8 Å². The zero-order chi connectivity index (χ0) is 20.8. The largest absolute Gasteiger partial charge is 0.339 e. The van der Waals surface area contributed by atoms with Crippen molar-refractivity contribution in [3.8, 4) is 0 Å². The highest BCUT2D eigenvalue weighted by Crippen LogP contribution is 2.42. The summed E-state index contributed by atoms with van der Waals surface area (Å²) < 4.78 is 13.3. The second kappa shape index (κ2) is 11.4. The Balaban J connectivity index is 0.00000272. The van der Waals surface area contributed by atoms with Crippen LogP contribution >= 0.6 is 12.4 Å². The lowest BCUT2D eigenvalue weighted by atomic mass is 9.87. The molecule has 2 aliphatic heterocycles. The first-order valence-corrected chi connectivity index (χ1v) is 11.6. The predicted molar refractivity (Wildman–Crippen MR) is 129 cm³/mol. The molecule has 31 heavy (non-hydrogen) atoms. The molecule has 3 unspecified atom stereocenters. The summed E-state index contributed by atoms with van der Waals surface area (Å²) in [6, 6.07) is 21.1. The summed E-state index contributed by atoms with van der Waals surface area (Å²) in [4.78, 5) is 2.53. The molecule has 2 aromatic rings. The number of halogens is 1. The highest BCUT2D eigenvalue weighted by Gasteiger charge is 2.47. The van der Waals surface area contributed by atoms with Gasteiger partial charge < -0.3 is 19.7 Å². The van der Waals surface area contributed by atoms with Crippen molar-refractivity contribution >= 4 is 12.4 Å². The van der Waals surface area contributed by atoms with Crippen LogP contribution in [0.25, 0.3) is 0 Å². The van der Waals surface area contributed by atoms with Crippen LogP contribution in [0.2, 0.25) is 0 Å². The maximum absolute atomic E-state index is 6.78.